The second kappa shape index (κ2) is 5.24. The zero-order chi connectivity index (χ0) is 13.3. The van der Waals surface area contributed by atoms with Gasteiger partial charge in [0.2, 0.25) is 5.91 Å². The third-order valence-corrected chi connectivity index (χ3v) is 3.80. The fourth-order valence-corrected chi connectivity index (χ4v) is 2.37. The van der Waals surface area contributed by atoms with Crippen molar-refractivity contribution in [1.29, 1.82) is 0 Å². The topological polar surface area (TPSA) is 58.4 Å². The number of likely N-dealkylation sites (tertiary alicyclic amines) is 1. The van der Waals surface area contributed by atoms with Crippen molar-refractivity contribution in [3.8, 4) is 0 Å². The Bertz CT molecular complexity index is 479. The number of piperidine rings is 1. The molecule has 0 radical (unpaired) electrons. The molecule has 1 heterocycles. The summed E-state index contributed by atoms with van der Waals surface area (Å²) in [4.78, 5) is 13.1. The number of halogens is 2. The van der Waals surface area contributed by atoms with Crippen molar-refractivity contribution in [2.45, 2.75) is 18.9 Å². The number of hydrogen-bond donors (Lipinski definition) is 2. The highest BCUT2D eigenvalue weighted by molar-refractivity contribution is 6.42. The number of nitrogens with zero attached hydrogens (tertiary/aromatic N) is 1. The maximum Gasteiger partial charge on any atom is 0.222 e. The Labute approximate surface area is 116 Å². The van der Waals surface area contributed by atoms with Crippen LogP contribution in [0.5, 0.6) is 0 Å². The minimum absolute atomic E-state index is 0.176. The molecule has 98 valence electrons. The lowest BCUT2D eigenvalue weighted by molar-refractivity contribution is -0.132. The second-order valence-electron chi connectivity index (χ2n) is 4.51. The number of nitrogens with two attached hydrogens (primary N) is 1. The number of hydrogen-bond acceptors (Lipinski definition) is 3. The predicted octanol–water partition coefficient (Wildman–Crippen LogP) is 2.61. The Morgan fingerprint density at radius 2 is 2.06 bits per heavy atom. The lowest BCUT2D eigenvalue weighted by Gasteiger charge is -2.31. The number of anilines is 2. The van der Waals surface area contributed by atoms with Crippen molar-refractivity contribution >= 4 is 40.5 Å². The minimum Gasteiger partial charge on any atom is -0.397 e. The number of carbonyl (C=O) groups excluding carboxylic acids is 1. The van der Waals surface area contributed by atoms with E-state index < -0.39 is 0 Å². The quantitative estimate of drug-likeness (QED) is 0.822. The summed E-state index contributed by atoms with van der Waals surface area (Å²) in [5.41, 5.74) is 7.20. The van der Waals surface area contributed by atoms with Gasteiger partial charge in [0.15, 0.2) is 0 Å². The highest BCUT2D eigenvalue weighted by atomic mass is 35.5. The van der Waals surface area contributed by atoms with E-state index in [0.29, 0.717) is 28.7 Å². The zero-order valence-electron chi connectivity index (χ0n) is 10.0. The molecule has 1 aliphatic rings. The maximum absolute atomic E-state index is 11.4. The first-order valence-electron chi connectivity index (χ1n) is 5.72. The Balaban J connectivity index is 2.10. The molecule has 0 spiro atoms. The zero-order valence-corrected chi connectivity index (χ0v) is 11.6. The molecule has 18 heavy (non-hydrogen) atoms. The molecule has 1 amide bonds. The minimum atomic E-state index is 0.176. The first-order valence-corrected chi connectivity index (χ1v) is 6.48. The Hall–Kier alpha value is -1.13. The highest BCUT2D eigenvalue weighted by Gasteiger charge is 2.23. The van der Waals surface area contributed by atoms with Crippen LogP contribution in [0, 0.1) is 0 Å². The summed E-state index contributed by atoms with van der Waals surface area (Å²) in [6.07, 6.45) is 1.35. The SMILES string of the molecule is CN1CC(Nc2cc(Cl)c(Cl)cc2N)CCC1=O. The molecule has 1 atom stereocenters. The maximum atomic E-state index is 11.4. The van der Waals surface area contributed by atoms with Gasteiger partial charge in [0, 0.05) is 26.1 Å². The van der Waals surface area contributed by atoms with Crippen LogP contribution >= 0.6 is 23.2 Å². The first kappa shape index (κ1) is 13.3. The van der Waals surface area contributed by atoms with Gasteiger partial charge >= 0.3 is 0 Å². The van der Waals surface area contributed by atoms with Gasteiger partial charge in [-0.25, -0.2) is 0 Å². The van der Waals surface area contributed by atoms with E-state index in [2.05, 4.69) is 5.32 Å². The van der Waals surface area contributed by atoms with E-state index in [1.165, 1.54) is 0 Å². The predicted molar refractivity (Wildman–Crippen MR) is 75.2 cm³/mol. The standard InChI is InChI=1S/C12H15Cl2N3O/c1-17-6-7(2-3-12(17)18)16-11-5-9(14)8(13)4-10(11)15/h4-5,7,16H,2-3,6,15H2,1H3. The Morgan fingerprint density at radius 3 is 2.72 bits per heavy atom. The Morgan fingerprint density at radius 1 is 1.39 bits per heavy atom. The summed E-state index contributed by atoms with van der Waals surface area (Å²) < 4.78 is 0. The third kappa shape index (κ3) is 2.82. The van der Waals surface area contributed by atoms with Crippen LogP contribution in [0.4, 0.5) is 11.4 Å². The van der Waals surface area contributed by atoms with Crippen LogP contribution in [0.15, 0.2) is 12.1 Å². The molecule has 6 heteroatoms. The van der Waals surface area contributed by atoms with Gasteiger partial charge in [0.05, 0.1) is 21.4 Å². The smallest absolute Gasteiger partial charge is 0.222 e. The number of nitrogens with one attached hydrogen (secondary N) is 1. The molecule has 0 aliphatic carbocycles. The largest absolute Gasteiger partial charge is 0.397 e. The van der Waals surface area contributed by atoms with E-state index in [0.717, 1.165) is 12.1 Å². The van der Waals surface area contributed by atoms with Gasteiger partial charge < -0.3 is 16.0 Å². The fourth-order valence-electron chi connectivity index (χ4n) is 2.04. The van der Waals surface area contributed by atoms with E-state index in [9.17, 15) is 4.79 Å². The van der Waals surface area contributed by atoms with E-state index >= 15 is 0 Å². The summed E-state index contributed by atoms with van der Waals surface area (Å²) in [6, 6.07) is 3.53. The molecule has 3 N–H and O–H groups in total. The van der Waals surface area contributed by atoms with E-state index in [4.69, 9.17) is 28.9 Å². The molecule has 0 bridgehead atoms. The van der Waals surface area contributed by atoms with E-state index in [1.54, 1.807) is 24.1 Å². The number of amides is 1. The molecule has 1 unspecified atom stereocenters. The first-order chi connectivity index (χ1) is 8.47. The Kier molecular flexibility index (Phi) is 3.88. The van der Waals surface area contributed by atoms with Crippen molar-refractivity contribution < 1.29 is 4.79 Å². The van der Waals surface area contributed by atoms with Crippen LogP contribution in [0.25, 0.3) is 0 Å². The van der Waals surface area contributed by atoms with Gasteiger partial charge in [0.1, 0.15) is 0 Å². The average molecular weight is 288 g/mol. The molecular weight excluding hydrogens is 273 g/mol. The summed E-state index contributed by atoms with van der Waals surface area (Å²) in [5, 5.41) is 4.21. The van der Waals surface area contributed by atoms with E-state index in [1.807, 2.05) is 0 Å². The summed E-state index contributed by atoms with van der Waals surface area (Å²) in [5.74, 6) is 0.176. The molecule has 1 aromatic rings. The molecule has 1 fully saturated rings. The van der Waals surface area contributed by atoms with Gasteiger partial charge in [0.25, 0.3) is 0 Å². The van der Waals surface area contributed by atoms with Crippen LogP contribution in [-0.2, 0) is 4.79 Å². The highest BCUT2D eigenvalue weighted by Crippen LogP contribution is 2.31. The summed E-state index contributed by atoms with van der Waals surface area (Å²) in [7, 11) is 1.80. The molecular formula is C12H15Cl2N3O. The lowest BCUT2D eigenvalue weighted by Crippen LogP contribution is -2.43. The van der Waals surface area contributed by atoms with Crippen molar-refractivity contribution in [3.05, 3.63) is 22.2 Å². The molecule has 0 aromatic heterocycles. The van der Waals surface area contributed by atoms with Crippen molar-refractivity contribution in [1.82, 2.24) is 4.90 Å². The van der Waals surface area contributed by atoms with Crippen LogP contribution < -0.4 is 11.1 Å². The number of carbonyl (C=O) groups is 1. The van der Waals surface area contributed by atoms with Crippen LogP contribution in [0.1, 0.15) is 12.8 Å². The van der Waals surface area contributed by atoms with Crippen molar-refractivity contribution in [2.24, 2.45) is 0 Å². The van der Waals surface area contributed by atoms with Crippen molar-refractivity contribution in [3.63, 3.8) is 0 Å². The van der Waals surface area contributed by atoms with Crippen LogP contribution in [-0.4, -0.2) is 30.4 Å². The lowest BCUT2D eigenvalue weighted by atomic mass is 10.1. The summed E-state index contributed by atoms with van der Waals surface area (Å²) in [6.45, 7) is 0.665. The third-order valence-electron chi connectivity index (χ3n) is 3.08. The van der Waals surface area contributed by atoms with Crippen LogP contribution in [0.3, 0.4) is 0 Å². The fraction of sp³-hybridized carbons (Fsp3) is 0.417. The number of benzene rings is 1. The average Bonchev–Trinajstić information content (AvgIpc) is 2.31. The monoisotopic (exact) mass is 287 g/mol. The van der Waals surface area contributed by atoms with Crippen LogP contribution in [0.2, 0.25) is 10.0 Å². The normalized spacial score (nSPS) is 20.1. The van der Waals surface area contributed by atoms with Crippen molar-refractivity contribution in [2.75, 3.05) is 24.6 Å². The molecule has 1 saturated heterocycles. The summed E-state index contributed by atoms with van der Waals surface area (Å²) >= 11 is 11.8. The van der Waals surface area contributed by atoms with Gasteiger partial charge in [-0.3, -0.25) is 4.79 Å². The van der Waals surface area contributed by atoms with Gasteiger partial charge in [-0.1, -0.05) is 23.2 Å². The van der Waals surface area contributed by atoms with Gasteiger partial charge in [-0.15, -0.1) is 0 Å². The second-order valence-corrected chi connectivity index (χ2v) is 5.32. The molecule has 1 aliphatic heterocycles. The molecule has 1 aromatic carbocycles. The van der Waals surface area contributed by atoms with Gasteiger partial charge in [-0.2, -0.15) is 0 Å². The molecule has 0 saturated carbocycles. The van der Waals surface area contributed by atoms with Gasteiger partial charge in [-0.05, 0) is 18.6 Å². The number of rotatable bonds is 2. The van der Waals surface area contributed by atoms with E-state index in [-0.39, 0.29) is 11.9 Å². The number of nitrogen functional groups attached to an aromatic ring is 1. The molecule has 4 nitrogen and oxygen atoms in total. The molecule has 2 rings (SSSR count). The number of likely N-dealkylation sites (N-methyl/N-ethyl adjacent to an activating group) is 1.